The highest BCUT2D eigenvalue weighted by Gasteiger charge is 2.09. The Morgan fingerprint density at radius 3 is 2.60 bits per heavy atom. The molecule has 0 fully saturated rings. The maximum Gasteiger partial charge on any atom is 0.257 e. The molecule has 1 amide bonds. The van der Waals surface area contributed by atoms with Crippen molar-refractivity contribution in [3.05, 3.63) is 40.4 Å². The predicted molar refractivity (Wildman–Crippen MR) is 83.4 cm³/mol. The van der Waals surface area contributed by atoms with Crippen LogP contribution in [0.3, 0.4) is 0 Å². The van der Waals surface area contributed by atoms with Gasteiger partial charge in [-0.25, -0.2) is 0 Å². The summed E-state index contributed by atoms with van der Waals surface area (Å²) in [5.74, 6) is -0.178. The molecule has 0 unspecified atom stereocenters. The number of benzene rings is 1. The standard InChI is InChI=1S/C13H16N4OS.ClH/c1-2-3-11-16-17-13(19-11)15-12(18)10-6-4-9(8-14)5-7-10;/h4-7H,2-3,8,14H2,1H3,(H,15,17,18);1H. The van der Waals surface area contributed by atoms with E-state index in [1.165, 1.54) is 11.3 Å². The molecule has 0 radical (unpaired) electrons. The lowest BCUT2D eigenvalue weighted by atomic mass is 10.1. The van der Waals surface area contributed by atoms with Crippen molar-refractivity contribution in [1.82, 2.24) is 10.2 Å². The number of aromatic nitrogens is 2. The fraction of sp³-hybridized carbons (Fsp3) is 0.308. The van der Waals surface area contributed by atoms with Crippen LogP contribution in [0.1, 0.15) is 34.3 Å². The summed E-state index contributed by atoms with van der Waals surface area (Å²) < 4.78 is 0. The van der Waals surface area contributed by atoms with E-state index in [9.17, 15) is 4.79 Å². The third-order valence-corrected chi connectivity index (χ3v) is 3.50. The van der Waals surface area contributed by atoms with Crippen LogP contribution < -0.4 is 11.1 Å². The van der Waals surface area contributed by atoms with Crippen molar-refractivity contribution in [2.45, 2.75) is 26.3 Å². The van der Waals surface area contributed by atoms with E-state index in [-0.39, 0.29) is 18.3 Å². The monoisotopic (exact) mass is 312 g/mol. The molecular weight excluding hydrogens is 296 g/mol. The van der Waals surface area contributed by atoms with E-state index in [0.29, 0.717) is 17.2 Å². The minimum Gasteiger partial charge on any atom is -0.326 e. The molecule has 2 rings (SSSR count). The second kappa shape index (κ2) is 7.94. The van der Waals surface area contributed by atoms with Crippen LogP contribution in [0.2, 0.25) is 0 Å². The molecule has 0 saturated carbocycles. The molecule has 0 aliphatic carbocycles. The number of carbonyl (C=O) groups is 1. The first-order valence-corrected chi connectivity index (χ1v) is 6.97. The first-order chi connectivity index (χ1) is 9.22. The third kappa shape index (κ3) is 4.26. The smallest absolute Gasteiger partial charge is 0.257 e. The van der Waals surface area contributed by atoms with Crippen LogP contribution in [-0.2, 0) is 13.0 Å². The Hall–Kier alpha value is -1.50. The molecule has 0 spiro atoms. The summed E-state index contributed by atoms with van der Waals surface area (Å²) in [7, 11) is 0. The minimum atomic E-state index is -0.178. The molecule has 1 aromatic carbocycles. The van der Waals surface area contributed by atoms with Gasteiger partial charge in [-0.3, -0.25) is 10.1 Å². The second-order valence-corrected chi connectivity index (χ2v) is 5.17. The zero-order valence-corrected chi connectivity index (χ0v) is 12.8. The zero-order valence-electron chi connectivity index (χ0n) is 11.1. The summed E-state index contributed by atoms with van der Waals surface area (Å²) in [5.41, 5.74) is 7.10. The number of hydrogen-bond acceptors (Lipinski definition) is 5. The van der Waals surface area contributed by atoms with Crippen LogP contribution in [-0.4, -0.2) is 16.1 Å². The molecule has 0 saturated heterocycles. The van der Waals surface area contributed by atoms with Crippen LogP contribution in [0.25, 0.3) is 0 Å². The zero-order chi connectivity index (χ0) is 13.7. The Labute approximate surface area is 128 Å². The lowest BCUT2D eigenvalue weighted by Crippen LogP contribution is -2.11. The van der Waals surface area contributed by atoms with Crippen molar-refractivity contribution in [2.24, 2.45) is 5.73 Å². The number of hydrogen-bond donors (Lipinski definition) is 2. The molecule has 7 heteroatoms. The number of nitrogens with zero attached hydrogens (tertiary/aromatic N) is 2. The summed E-state index contributed by atoms with van der Waals surface area (Å²) in [5, 5.41) is 12.2. The number of nitrogens with one attached hydrogen (secondary N) is 1. The lowest BCUT2D eigenvalue weighted by molar-refractivity contribution is 0.102. The van der Waals surface area contributed by atoms with Gasteiger partial charge in [0.1, 0.15) is 5.01 Å². The summed E-state index contributed by atoms with van der Waals surface area (Å²) >= 11 is 1.41. The maximum atomic E-state index is 12.0. The van der Waals surface area contributed by atoms with Crippen LogP contribution in [0.15, 0.2) is 24.3 Å². The van der Waals surface area contributed by atoms with Crippen molar-refractivity contribution in [3.63, 3.8) is 0 Å². The van der Waals surface area contributed by atoms with Crippen molar-refractivity contribution in [3.8, 4) is 0 Å². The molecule has 0 aliphatic heterocycles. The first-order valence-electron chi connectivity index (χ1n) is 6.15. The molecule has 1 heterocycles. The fourth-order valence-electron chi connectivity index (χ4n) is 1.58. The van der Waals surface area contributed by atoms with Crippen molar-refractivity contribution in [2.75, 3.05) is 5.32 Å². The maximum absolute atomic E-state index is 12.0. The van der Waals surface area contributed by atoms with Crippen molar-refractivity contribution >= 4 is 34.8 Å². The fourth-order valence-corrected chi connectivity index (χ4v) is 2.42. The Balaban J connectivity index is 0.00000200. The van der Waals surface area contributed by atoms with Gasteiger partial charge in [0.25, 0.3) is 5.91 Å². The van der Waals surface area contributed by atoms with Crippen LogP contribution in [0.5, 0.6) is 0 Å². The Kier molecular flexibility index (Phi) is 6.57. The molecular formula is C13H17ClN4OS. The van der Waals surface area contributed by atoms with Gasteiger partial charge in [0.2, 0.25) is 5.13 Å². The lowest BCUT2D eigenvalue weighted by Gasteiger charge is -2.02. The van der Waals surface area contributed by atoms with Crippen LogP contribution in [0.4, 0.5) is 5.13 Å². The Morgan fingerprint density at radius 1 is 1.30 bits per heavy atom. The highest BCUT2D eigenvalue weighted by atomic mass is 35.5. The normalized spacial score (nSPS) is 9.90. The van der Waals surface area contributed by atoms with Gasteiger partial charge in [-0.1, -0.05) is 30.4 Å². The number of nitrogens with two attached hydrogens (primary N) is 1. The number of anilines is 1. The predicted octanol–water partition coefficient (Wildman–Crippen LogP) is 2.62. The number of rotatable bonds is 5. The molecule has 20 heavy (non-hydrogen) atoms. The van der Waals surface area contributed by atoms with Gasteiger partial charge in [0.15, 0.2) is 0 Å². The van der Waals surface area contributed by atoms with Gasteiger partial charge in [0, 0.05) is 18.5 Å². The molecule has 2 aromatic rings. The topological polar surface area (TPSA) is 80.9 Å². The van der Waals surface area contributed by atoms with Crippen LogP contribution >= 0.6 is 23.7 Å². The van der Waals surface area contributed by atoms with Gasteiger partial charge in [-0.15, -0.1) is 22.6 Å². The molecule has 108 valence electrons. The summed E-state index contributed by atoms with van der Waals surface area (Å²) in [6, 6.07) is 7.20. The van der Waals surface area contributed by atoms with E-state index < -0.39 is 0 Å². The number of halogens is 1. The highest BCUT2D eigenvalue weighted by Crippen LogP contribution is 2.17. The van der Waals surface area contributed by atoms with Gasteiger partial charge in [-0.05, 0) is 24.1 Å². The highest BCUT2D eigenvalue weighted by molar-refractivity contribution is 7.15. The second-order valence-electron chi connectivity index (χ2n) is 4.11. The van der Waals surface area contributed by atoms with Gasteiger partial charge < -0.3 is 5.73 Å². The van der Waals surface area contributed by atoms with Gasteiger partial charge in [0.05, 0.1) is 0 Å². The van der Waals surface area contributed by atoms with Crippen molar-refractivity contribution < 1.29 is 4.79 Å². The van der Waals surface area contributed by atoms with E-state index >= 15 is 0 Å². The minimum absolute atomic E-state index is 0. The average Bonchev–Trinajstić information content (AvgIpc) is 2.86. The molecule has 3 N–H and O–H groups in total. The molecule has 1 aromatic heterocycles. The van der Waals surface area contributed by atoms with Crippen molar-refractivity contribution in [1.29, 1.82) is 0 Å². The van der Waals surface area contributed by atoms with E-state index in [0.717, 1.165) is 23.4 Å². The number of carbonyl (C=O) groups excluding carboxylic acids is 1. The SMILES string of the molecule is CCCc1nnc(NC(=O)c2ccc(CN)cc2)s1.Cl. The number of aryl methyl sites for hydroxylation is 1. The summed E-state index contributed by atoms with van der Waals surface area (Å²) in [6.45, 7) is 2.55. The van der Waals surface area contributed by atoms with Gasteiger partial charge in [-0.2, -0.15) is 0 Å². The van der Waals surface area contributed by atoms with Gasteiger partial charge >= 0.3 is 0 Å². The third-order valence-electron chi connectivity index (χ3n) is 2.60. The Morgan fingerprint density at radius 2 is 2.00 bits per heavy atom. The Bertz CT molecular complexity index is 556. The molecule has 0 bridgehead atoms. The molecule has 0 atom stereocenters. The van der Waals surface area contributed by atoms with E-state index in [1.807, 2.05) is 12.1 Å². The van der Waals surface area contributed by atoms with E-state index in [2.05, 4.69) is 22.4 Å². The van der Waals surface area contributed by atoms with E-state index in [4.69, 9.17) is 5.73 Å². The first kappa shape index (κ1) is 16.6. The average molecular weight is 313 g/mol. The van der Waals surface area contributed by atoms with Crippen LogP contribution in [0, 0.1) is 0 Å². The molecule has 5 nitrogen and oxygen atoms in total. The number of amides is 1. The summed E-state index contributed by atoms with van der Waals surface area (Å²) in [6.07, 6.45) is 1.90. The molecule has 0 aliphatic rings. The summed E-state index contributed by atoms with van der Waals surface area (Å²) in [4.78, 5) is 12.0. The largest absolute Gasteiger partial charge is 0.326 e. The quantitative estimate of drug-likeness (QED) is 0.889. The van der Waals surface area contributed by atoms with E-state index in [1.54, 1.807) is 12.1 Å².